The second kappa shape index (κ2) is 11.1. The predicted octanol–water partition coefficient (Wildman–Crippen LogP) is 3.09. The number of amides is 2. The fourth-order valence-corrected chi connectivity index (χ4v) is 2.95. The summed E-state index contributed by atoms with van der Waals surface area (Å²) < 4.78 is 5.11. The number of nitrogens with one attached hydrogen (secondary N) is 2. The van der Waals surface area contributed by atoms with Crippen molar-refractivity contribution in [3.05, 3.63) is 60.2 Å². The minimum absolute atomic E-state index is 0.0239. The lowest BCUT2D eigenvalue weighted by Gasteiger charge is -2.23. The summed E-state index contributed by atoms with van der Waals surface area (Å²) in [4.78, 5) is 27.3. The van der Waals surface area contributed by atoms with E-state index >= 15 is 0 Å². The topological polar surface area (TPSA) is 70.7 Å². The first-order valence-electron chi connectivity index (χ1n) is 9.91. The average molecular weight is 398 g/mol. The lowest BCUT2D eigenvalue weighted by molar-refractivity contribution is -0.123. The first-order valence-corrected chi connectivity index (χ1v) is 9.91. The van der Waals surface area contributed by atoms with Crippen molar-refractivity contribution < 1.29 is 14.3 Å². The van der Waals surface area contributed by atoms with Crippen LogP contribution in [0.5, 0.6) is 5.75 Å². The molecule has 2 aromatic rings. The highest BCUT2D eigenvalue weighted by molar-refractivity contribution is 5.97. The third-order valence-electron chi connectivity index (χ3n) is 4.75. The van der Waals surface area contributed by atoms with Crippen LogP contribution in [0.25, 0.3) is 0 Å². The number of carbonyl (C=O) groups excluding carboxylic acids is 2. The van der Waals surface area contributed by atoms with Gasteiger partial charge in [0.2, 0.25) is 5.91 Å². The SMILES string of the molecule is COc1ccc(C(=O)NC(C(=O)NCCCN(C)c2ccccc2)C(C)C)cc1. The van der Waals surface area contributed by atoms with E-state index in [0.29, 0.717) is 17.9 Å². The molecular weight excluding hydrogens is 366 g/mol. The fourth-order valence-electron chi connectivity index (χ4n) is 2.95. The standard InChI is InChI=1S/C23H31N3O3/c1-17(2)21(25-22(27)18-11-13-20(29-4)14-12-18)23(28)24-15-8-16-26(3)19-9-6-5-7-10-19/h5-7,9-14,17,21H,8,15-16H2,1-4H3,(H,24,28)(H,25,27). The molecular formula is C23H31N3O3. The van der Waals surface area contributed by atoms with Gasteiger partial charge in [-0.15, -0.1) is 0 Å². The summed E-state index contributed by atoms with van der Waals surface area (Å²) in [5, 5.41) is 5.79. The molecule has 156 valence electrons. The highest BCUT2D eigenvalue weighted by atomic mass is 16.5. The molecule has 1 unspecified atom stereocenters. The summed E-state index contributed by atoms with van der Waals surface area (Å²) >= 11 is 0. The molecule has 0 radical (unpaired) electrons. The van der Waals surface area contributed by atoms with Crippen LogP contribution in [-0.2, 0) is 4.79 Å². The van der Waals surface area contributed by atoms with Crippen LogP contribution in [0.1, 0.15) is 30.6 Å². The minimum Gasteiger partial charge on any atom is -0.497 e. The summed E-state index contributed by atoms with van der Waals surface area (Å²) in [6.45, 7) is 5.22. The Labute approximate surface area is 173 Å². The van der Waals surface area contributed by atoms with E-state index in [1.807, 2.05) is 39.1 Å². The first-order chi connectivity index (χ1) is 13.9. The summed E-state index contributed by atoms with van der Waals surface area (Å²) in [6.07, 6.45) is 0.814. The molecule has 6 nitrogen and oxygen atoms in total. The van der Waals surface area contributed by atoms with Crippen LogP contribution in [0.3, 0.4) is 0 Å². The molecule has 0 saturated carbocycles. The van der Waals surface area contributed by atoms with Gasteiger partial charge in [-0.05, 0) is 48.7 Å². The van der Waals surface area contributed by atoms with Crippen LogP contribution in [0.15, 0.2) is 54.6 Å². The lowest BCUT2D eigenvalue weighted by Crippen LogP contribution is -2.50. The van der Waals surface area contributed by atoms with E-state index in [9.17, 15) is 9.59 Å². The molecule has 29 heavy (non-hydrogen) atoms. The average Bonchev–Trinajstić information content (AvgIpc) is 2.75. The molecule has 0 spiro atoms. The van der Waals surface area contributed by atoms with Crippen molar-refractivity contribution in [2.75, 3.05) is 32.1 Å². The Morgan fingerprint density at radius 2 is 1.69 bits per heavy atom. The van der Waals surface area contributed by atoms with Gasteiger partial charge in [0.15, 0.2) is 0 Å². The number of hydrogen-bond donors (Lipinski definition) is 2. The fraction of sp³-hybridized carbons (Fsp3) is 0.391. The van der Waals surface area contributed by atoms with Crippen LogP contribution in [0.4, 0.5) is 5.69 Å². The predicted molar refractivity (Wildman–Crippen MR) is 116 cm³/mol. The number of rotatable bonds is 10. The zero-order valence-electron chi connectivity index (χ0n) is 17.6. The van der Waals surface area contributed by atoms with Crippen molar-refractivity contribution >= 4 is 17.5 Å². The lowest BCUT2D eigenvalue weighted by atomic mass is 10.0. The van der Waals surface area contributed by atoms with Crippen LogP contribution in [0, 0.1) is 5.92 Å². The molecule has 2 rings (SSSR count). The molecule has 0 aliphatic carbocycles. The van der Waals surface area contributed by atoms with E-state index in [2.05, 4.69) is 27.7 Å². The molecule has 0 fully saturated rings. The normalized spacial score (nSPS) is 11.6. The van der Waals surface area contributed by atoms with Crippen LogP contribution in [-0.4, -0.2) is 45.1 Å². The molecule has 0 aliphatic rings. The molecule has 2 N–H and O–H groups in total. The van der Waals surface area contributed by atoms with E-state index in [1.54, 1.807) is 31.4 Å². The highest BCUT2D eigenvalue weighted by Gasteiger charge is 2.24. The molecule has 0 heterocycles. The van der Waals surface area contributed by atoms with E-state index in [4.69, 9.17) is 4.74 Å². The van der Waals surface area contributed by atoms with Gasteiger partial charge >= 0.3 is 0 Å². The maximum atomic E-state index is 12.6. The summed E-state index contributed by atoms with van der Waals surface area (Å²) in [7, 11) is 3.61. The Morgan fingerprint density at radius 1 is 1.03 bits per heavy atom. The quantitative estimate of drug-likeness (QED) is 0.605. The zero-order valence-corrected chi connectivity index (χ0v) is 17.6. The van der Waals surface area contributed by atoms with Gasteiger partial charge in [0.1, 0.15) is 11.8 Å². The van der Waals surface area contributed by atoms with Gasteiger partial charge in [-0.3, -0.25) is 9.59 Å². The summed E-state index contributed by atoms with van der Waals surface area (Å²) in [5.74, 6) is 0.221. The van der Waals surface area contributed by atoms with Crippen LogP contribution < -0.4 is 20.3 Å². The Balaban J connectivity index is 1.82. The second-order valence-electron chi connectivity index (χ2n) is 7.33. The Morgan fingerprint density at radius 3 is 2.28 bits per heavy atom. The monoisotopic (exact) mass is 397 g/mol. The Hall–Kier alpha value is -3.02. The van der Waals surface area contributed by atoms with E-state index in [1.165, 1.54) is 0 Å². The number of carbonyl (C=O) groups is 2. The van der Waals surface area contributed by atoms with E-state index in [0.717, 1.165) is 18.7 Å². The highest BCUT2D eigenvalue weighted by Crippen LogP contribution is 2.13. The number of anilines is 1. The third kappa shape index (κ3) is 6.82. The van der Waals surface area contributed by atoms with E-state index in [-0.39, 0.29) is 17.7 Å². The van der Waals surface area contributed by atoms with E-state index < -0.39 is 6.04 Å². The van der Waals surface area contributed by atoms with Crippen LogP contribution in [0.2, 0.25) is 0 Å². The largest absolute Gasteiger partial charge is 0.497 e. The van der Waals surface area contributed by atoms with Crippen molar-refractivity contribution in [3.8, 4) is 5.75 Å². The second-order valence-corrected chi connectivity index (χ2v) is 7.33. The van der Waals surface area contributed by atoms with Gasteiger partial charge in [-0.1, -0.05) is 32.0 Å². The van der Waals surface area contributed by atoms with Crippen molar-refractivity contribution in [2.45, 2.75) is 26.3 Å². The molecule has 0 aromatic heterocycles. The third-order valence-corrected chi connectivity index (χ3v) is 4.75. The van der Waals surface area contributed by atoms with Gasteiger partial charge < -0.3 is 20.3 Å². The number of para-hydroxylation sites is 1. The molecule has 0 bridgehead atoms. The number of ether oxygens (including phenoxy) is 1. The molecule has 2 amide bonds. The number of methoxy groups -OCH3 is 1. The van der Waals surface area contributed by atoms with Gasteiger partial charge in [0.05, 0.1) is 7.11 Å². The maximum Gasteiger partial charge on any atom is 0.251 e. The molecule has 0 saturated heterocycles. The minimum atomic E-state index is -0.587. The van der Waals surface area contributed by atoms with Gasteiger partial charge in [-0.25, -0.2) is 0 Å². The zero-order chi connectivity index (χ0) is 21.2. The number of nitrogens with zero attached hydrogens (tertiary/aromatic N) is 1. The summed E-state index contributed by atoms with van der Waals surface area (Å²) in [5.41, 5.74) is 1.64. The Kier molecular flexibility index (Phi) is 8.52. The van der Waals surface area contributed by atoms with Crippen molar-refractivity contribution in [2.24, 2.45) is 5.92 Å². The van der Waals surface area contributed by atoms with Crippen molar-refractivity contribution in [3.63, 3.8) is 0 Å². The maximum absolute atomic E-state index is 12.6. The van der Waals surface area contributed by atoms with Gasteiger partial charge in [0, 0.05) is 31.4 Å². The molecule has 1 atom stereocenters. The summed E-state index contributed by atoms with van der Waals surface area (Å²) in [6, 6.07) is 16.3. The number of benzene rings is 2. The van der Waals surface area contributed by atoms with Gasteiger partial charge in [-0.2, -0.15) is 0 Å². The van der Waals surface area contributed by atoms with Crippen LogP contribution >= 0.6 is 0 Å². The van der Waals surface area contributed by atoms with Gasteiger partial charge in [0.25, 0.3) is 5.91 Å². The van der Waals surface area contributed by atoms with Crippen molar-refractivity contribution in [1.82, 2.24) is 10.6 Å². The number of hydrogen-bond acceptors (Lipinski definition) is 4. The smallest absolute Gasteiger partial charge is 0.251 e. The molecule has 2 aromatic carbocycles. The molecule has 6 heteroatoms. The molecule has 0 aliphatic heterocycles. The van der Waals surface area contributed by atoms with Crippen molar-refractivity contribution in [1.29, 1.82) is 0 Å². The first kappa shape index (κ1) is 22.3. The Bertz CT molecular complexity index is 776.